The summed E-state index contributed by atoms with van der Waals surface area (Å²) in [5.41, 5.74) is 0.384. The Labute approximate surface area is 149 Å². The van der Waals surface area contributed by atoms with E-state index < -0.39 is 9.84 Å². The summed E-state index contributed by atoms with van der Waals surface area (Å²) in [5, 5.41) is 2.92. The van der Waals surface area contributed by atoms with Crippen LogP contribution in [0.2, 0.25) is 0 Å². The lowest BCUT2D eigenvalue weighted by Gasteiger charge is -2.33. The second-order valence-corrected chi connectivity index (χ2v) is 8.98. The monoisotopic (exact) mass is 366 g/mol. The van der Waals surface area contributed by atoms with Crippen molar-refractivity contribution in [1.29, 1.82) is 0 Å². The van der Waals surface area contributed by atoms with Crippen LogP contribution in [0.4, 0.5) is 0 Å². The molecule has 1 aliphatic heterocycles. The van der Waals surface area contributed by atoms with Crippen molar-refractivity contribution in [1.82, 2.24) is 10.2 Å². The number of likely N-dealkylation sites (tertiary alicyclic amines) is 1. The fourth-order valence-electron chi connectivity index (χ4n) is 2.91. The lowest BCUT2D eigenvalue weighted by molar-refractivity contribution is -0.124. The normalized spacial score (nSPS) is 18.2. The molecule has 1 saturated heterocycles. The van der Waals surface area contributed by atoms with E-state index in [-0.39, 0.29) is 28.5 Å². The Balaban J connectivity index is 2.03. The maximum atomic E-state index is 12.7. The summed E-state index contributed by atoms with van der Waals surface area (Å²) in [5.74, 6) is 0.0215. The molecule has 0 saturated carbocycles. The van der Waals surface area contributed by atoms with Gasteiger partial charge in [0.2, 0.25) is 5.91 Å². The predicted molar refractivity (Wildman–Crippen MR) is 96.0 cm³/mol. The Hall–Kier alpha value is -1.89. The lowest BCUT2D eigenvalue weighted by atomic mass is 9.97. The fraction of sp³-hybridized carbons (Fsp3) is 0.556. The fourth-order valence-corrected chi connectivity index (χ4v) is 3.57. The third-order valence-corrected chi connectivity index (χ3v) is 5.51. The topological polar surface area (TPSA) is 83.6 Å². The number of rotatable bonds is 5. The summed E-state index contributed by atoms with van der Waals surface area (Å²) in [6.07, 6.45) is 2.97. The van der Waals surface area contributed by atoms with E-state index in [0.717, 1.165) is 19.1 Å². The van der Waals surface area contributed by atoms with Crippen molar-refractivity contribution < 1.29 is 18.0 Å². The zero-order valence-electron chi connectivity index (χ0n) is 15.0. The molecule has 6 nitrogen and oxygen atoms in total. The van der Waals surface area contributed by atoms with Crippen LogP contribution in [0.15, 0.2) is 29.2 Å². The number of carbonyl (C=O) groups is 2. The molecule has 0 aromatic heterocycles. The van der Waals surface area contributed by atoms with Gasteiger partial charge in [-0.15, -0.1) is 0 Å². The first-order valence-corrected chi connectivity index (χ1v) is 10.4. The third kappa shape index (κ3) is 5.29. The van der Waals surface area contributed by atoms with Gasteiger partial charge in [-0.2, -0.15) is 0 Å². The summed E-state index contributed by atoms with van der Waals surface area (Å²) in [6, 6.07) is 6.16. The van der Waals surface area contributed by atoms with E-state index in [0.29, 0.717) is 25.2 Å². The van der Waals surface area contributed by atoms with E-state index in [4.69, 9.17) is 0 Å². The van der Waals surface area contributed by atoms with Crippen LogP contribution in [0.3, 0.4) is 0 Å². The van der Waals surface area contributed by atoms with E-state index in [2.05, 4.69) is 5.32 Å². The average molecular weight is 366 g/mol. The molecular formula is C18H26N2O4S. The molecule has 25 heavy (non-hydrogen) atoms. The van der Waals surface area contributed by atoms with Crippen molar-refractivity contribution in [3.8, 4) is 0 Å². The minimum atomic E-state index is -3.34. The first kappa shape index (κ1) is 19.4. The SMILES string of the molecule is CC(C)C(=O)NCC1CCCN(C(=O)c2cccc(S(C)(=O)=O)c2)C1. The third-order valence-electron chi connectivity index (χ3n) is 4.40. The second kappa shape index (κ2) is 7.99. The minimum absolute atomic E-state index is 0.0179. The zero-order chi connectivity index (χ0) is 18.6. The van der Waals surface area contributed by atoms with Gasteiger partial charge in [0.05, 0.1) is 4.90 Å². The molecule has 7 heteroatoms. The van der Waals surface area contributed by atoms with Gasteiger partial charge in [-0.3, -0.25) is 9.59 Å². The summed E-state index contributed by atoms with van der Waals surface area (Å²) < 4.78 is 23.3. The minimum Gasteiger partial charge on any atom is -0.356 e. The van der Waals surface area contributed by atoms with Gasteiger partial charge in [0, 0.05) is 37.4 Å². The number of hydrogen-bond acceptors (Lipinski definition) is 4. The van der Waals surface area contributed by atoms with E-state index in [1.165, 1.54) is 12.1 Å². The van der Waals surface area contributed by atoms with Gasteiger partial charge < -0.3 is 10.2 Å². The molecule has 0 spiro atoms. The van der Waals surface area contributed by atoms with Crippen LogP contribution in [0.5, 0.6) is 0 Å². The molecule has 1 aromatic rings. The largest absolute Gasteiger partial charge is 0.356 e. The maximum Gasteiger partial charge on any atom is 0.253 e. The first-order chi connectivity index (χ1) is 11.7. The molecule has 2 amide bonds. The lowest BCUT2D eigenvalue weighted by Crippen LogP contribution is -2.44. The van der Waals surface area contributed by atoms with Crippen LogP contribution in [0.25, 0.3) is 0 Å². The predicted octanol–water partition coefficient (Wildman–Crippen LogP) is 1.71. The smallest absolute Gasteiger partial charge is 0.253 e. The number of nitrogens with one attached hydrogen (secondary N) is 1. The Kier molecular flexibility index (Phi) is 6.21. The molecule has 1 heterocycles. The van der Waals surface area contributed by atoms with Gasteiger partial charge in [0.1, 0.15) is 0 Å². The van der Waals surface area contributed by atoms with Crippen molar-refractivity contribution >= 4 is 21.7 Å². The van der Waals surface area contributed by atoms with E-state index in [9.17, 15) is 18.0 Å². The van der Waals surface area contributed by atoms with Gasteiger partial charge in [-0.05, 0) is 37.0 Å². The number of nitrogens with zero attached hydrogens (tertiary/aromatic N) is 1. The van der Waals surface area contributed by atoms with Gasteiger partial charge in [0.15, 0.2) is 9.84 Å². The standard InChI is InChI=1S/C18H26N2O4S/c1-13(2)17(21)19-11-14-6-5-9-20(12-14)18(22)15-7-4-8-16(10-15)25(3,23)24/h4,7-8,10,13-14H,5-6,9,11-12H2,1-3H3,(H,19,21). The van der Waals surface area contributed by atoms with Crippen LogP contribution in [0, 0.1) is 11.8 Å². The van der Waals surface area contributed by atoms with Crippen molar-refractivity contribution in [3.63, 3.8) is 0 Å². The maximum absolute atomic E-state index is 12.7. The molecule has 1 atom stereocenters. The van der Waals surface area contributed by atoms with Crippen LogP contribution in [-0.4, -0.2) is 51.0 Å². The number of sulfone groups is 1. The van der Waals surface area contributed by atoms with Crippen molar-refractivity contribution in [2.45, 2.75) is 31.6 Å². The summed E-state index contributed by atoms with van der Waals surface area (Å²) in [6.45, 7) is 5.47. The van der Waals surface area contributed by atoms with E-state index >= 15 is 0 Å². The highest BCUT2D eigenvalue weighted by atomic mass is 32.2. The molecule has 1 aliphatic rings. The van der Waals surface area contributed by atoms with Crippen LogP contribution < -0.4 is 5.32 Å². The van der Waals surface area contributed by atoms with Crippen LogP contribution in [0.1, 0.15) is 37.0 Å². The number of piperidine rings is 1. The number of amides is 2. The van der Waals surface area contributed by atoms with Crippen molar-refractivity contribution in [2.24, 2.45) is 11.8 Å². The van der Waals surface area contributed by atoms with Gasteiger partial charge in [-0.25, -0.2) is 8.42 Å². The highest BCUT2D eigenvalue weighted by molar-refractivity contribution is 7.90. The Morgan fingerprint density at radius 3 is 2.68 bits per heavy atom. The number of hydrogen-bond donors (Lipinski definition) is 1. The van der Waals surface area contributed by atoms with Crippen molar-refractivity contribution in [2.75, 3.05) is 25.9 Å². The van der Waals surface area contributed by atoms with Gasteiger partial charge >= 0.3 is 0 Å². The molecule has 2 rings (SSSR count). The first-order valence-electron chi connectivity index (χ1n) is 8.55. The quantitative estimate of drug-likeness (QED) is 0.860. The zero-order valence-corrected chi connectivity index (χ0v) is 15.8. The summed E-state index contributed by atoms with van der Waals surface area (Å²) in [7, 11) is -3.34. The molecule has 0 aliphatic carbocycles. The number of carbonyl (C=O) groups excluding carboxylic acids is 2. The van der Waals surface area contributed by atoms with Gasteiger partial charge in [0.25, 0.3) is 5.91 Å². The van der Waals surface area contributed by atoms with Gasteiger partial charge in [-0.1, -0.05) is 19.9 Å². The Morgan fingerprint density at radius 1 is 1.32 bits per heavy atom. The molecule has 0 bridgehead atoms. The van der Waals surface area contributed by atoms with E-state index in [1.54, 1.807) is 17.0 Å². The van der Waals surface area contributed by atoms with Crippen LogP contribution in [-0.2, 0) is 14.6 Å². The molecular weight excluding hydrogens is 340 g/mol. The molecule has 138 valence electrons. The highest BCUT2D eigenvalue weighted by Crippen LogP contribution is 2.20. The number of benzene rings is 1. The summed E-state index contributed by atoms with van der Waals surface area (Å²) in [4.78, 5) is 26.3. The Bertz CT molecular complexity index is 743. The van der Waals surface area contributed by atoms with Crippen LogP contribution >= 0.6 is 0 Å². The second-order valence-electron chi connectivity index (χ2n) is 6.96. The molecule has 1 N–H and O–H groups in total. The highest BCUT2D eigenvalue weighted by Gasteiger charge is 2.25. The van der Waals surface area contributed by atoms with Crippen molar-refractivity contribution in [3.05, 3.63) is 29.8 Å². The molecule has 1 aromatic carbocycles. The van der Waals surface area contributed by atoms with E-state index in [1.807, 2.05) is 13.8 Å². The Morgan fingerprint density at radius 2 is 2.04 bits per heavy atom. The molecule has 1 unspecified atom stereocenters. The summed E-state index contributed by atoms with van der Waals surface area (Å²) >= 11 is 0. The average Bonchev–Trinajstić information content (AvgIpc) is 2.58. The molecule has 0 radical (unpaired) electrons. The molecule has 1 fully saturated rings.